The molecule has 26 heteroatoms. The van der Waals surface area contributed by atoms with Crippen molar-refractivity contribution in [1.82, 2.24) is 40.3 Å². The Morgan fingerprint density at radius 2 is 0.650 bits per heavy atom. The van der Waals surface area contributed by atoms with Gasteiger partial charge in [-0.05, 0) is 173 Å². The largest absolute Gasteiger partial charge is 0.357 e. The number of hydrogen-bond acceptors (Lipinski definition) is 14. The molecule has 0 aliphatic carbocycles. The highest BCUT2D eigenvalue weighted by atomic mass is 79.9. The fourth-order valence-electron chi connectivity index (χ4n) is 10.8. The van der Waals surface area contributed by atoms with Crippen LogP contribution in [0.15, 0.2) is 210 Å². The number of nitrogens with one attached hydrogen (secondary N) is 11. The Kier molecular flexibility index (Phi) is 25.6. The number of carbonyl (C=O) groups is 6. The lowest BCUT2D eigenvalue weighted by atomic mass is 10.1. The summed E-state index contributed by atoms with van der Waals surface area (Å²) in [5.41, 5.74) is 5.78. The number of carbonyl (C=O) groups excluding carboxylic acids is 6. The fraction of sp³-hybridized carbons (Fsp3) is 0.189. The lowest BCUT2D eigenvalue weighted by Crippen LogP contribution is -2.46. The second kappa shape index (κ2) is 35.6. The first-order valence-corrected chi connectivity index (χ1v) is 34.2. The maximum absolute atomic E-state index is 12.9. The zero-order chi connectivity index (χ0) is 70.3. The number of hydrogen-bond donors (Lipinski definition) is 11. The number of rotatable bonds is 15. The number of amidine groups is 3. The summed E-state index contributed by atoms with van der Waals surface area (Å²) in [6, 6.07) is 51.4. The predicted molar refractivity (Wildman–Crippen MR) is 399 cm³/mol. The van der Waals surface area contributed by atoms with Crippen LogP contribution in [0, 0.1) is 16.2 Å². The molecule has 0 bridgehead atoms. The summed E-state index contributed by atoms with van der Waals surface area (Å²) in [6.45, 7) is 8.51. The van der Waals surface area contributed by atoms with Crippen LogP contribution in [-0.4, -0.2) is 148 Å². The number of piperazine rings is 1. The van der Waals surface area contributed by atoms with E-state index in [9.17, 15) is 28.8 Å². The van der Waals surface area contributed by atoms with E-state index >= 15 is 0 Å². The number of benzene rings is 6. The van der Waals surface area contributed by atoms with Gasteiger partial charge in [-0.1, -0.05) is 84.4 Å². The SMILES string of the molecule is N=C(c1ccc(C(=O)Nc2ccccc2C(=O)Nc2ccc(Br)cn2)cc1)N1CCCNCC1.N=C(c1ccc(C(=O)Nc2ccccc2C(=O)Nc2ccc(Br)cn2)cc1)N1CCNCC1.N=C(c1ccc(C(=O)Nc2ccccc2C(=O)Nc2ccc(Cl)cn2)cc1)N1CCCCC1. The van der Waals surface area contributed by atoms with E-state index in [4.69, 9.17) is 27.8 Å². The number of pyridine rings is 3. The minimum Gasteiger partial charge on any atom is -0.357 e. The number of piperidine rings is 1. The van der Waals surface area contributed by atoms with Crippen LogP contribution in [0.4, 0.5) is 34.5 Å². The molecular formula is C74H72Br2ClN17O6. The van der Waals surface area contributed by atoms with Crippen LogP contribution in [0.25, 0.3) is 0 Å². The molecule has 6 heterocycles. The summed E-state index contributed by atoms with van der Waals surface area (Å²) in [6.07, 6.45) is 9.03. The number of para-hydroxylation sites is 3. The number of likely N-dealkylation sites (tertiary alicyclic amines) is 1. The monoisotopic (exact) mass is 1490 g/mol. The fourth-order valence-corrected chi connectivity index (χ4v) is 11.4. The highest BCUT2D eigenvalue weighted by Crippen LogP contribution is 2.24. The molecule has 6 aromatic carbocycles. The van der Waals surface area contributed by atoms with Gasteiger partial charge in [-0.25, -0.2) is 15.0 Å². The molecule has 0 atom stereocenters. The minimum absolute atomic E-state index is 0.311. The van der Waals surface area contributed by atoms with Gasteiger partial charge in [0, 0.05) is 120 Å². The van der Waals surface area contributed by atoms with E-state index < -0.39 is 5.91 Å². The van der Waals surface area contributed by atoms with Gasteiger partial charge in [-0.2, -0.15) is 0 Å². The van der Waals surface area contributed by atoms with Crippen molar-refractivity contribution in [2.24, 2.45) is 0 Å². The van der Waals surface area contributed by atoms with E-state index in [1.165, 1.54) is 12.6 Å². The van der Waals surface area contributed by atoms with Gasteiger partial charge in [0.15, 0.2) is 0 Å². The second-order valence-corrected chi connectivity index (χ2v) is 25.4. The molecule has 0 radical (unpaired) electrons. The molecule has 3 aliphatic heterocycles. The maximum atomic E-state index is 12.9. The van der Waals surface area contributed by atoms with Crippen LogP contribution in [0.1, 0.15) is 105 Å². The van der Waals surface area contributed by atoms with Crippen LogP contribution < -0.4 is 42.5 Å². The summed E-state index contributed by atoms with van der Waals surface area (Å²) in [5, 5.41) is 49.0. The topological polar surface area (TPSA) is 319 Å². The van der Waals surface area contributed by atoms with Crippen molar-refractivity contribution >= 4 is 131 Å². The number of aromatic nitrogens is 3. The molecule has 100 heavy (non-hydrogen) atoms. The van der Waals surface area contributed by atoms with E-state index in [2.05, 4.69) is 94.2 Å². The van der Waals surface area contributed by atoms with Gasteiger partial charge in [0.05, 0.1) is 38.8 Å². The summed E-state index contributed by atoms with van der Waals surface area (Å²) < 4.78 is 1.62. The van der Waals surface area contributed by atoms with Crippen molar-refractivity contribution < 1.29 is 28.8 Å². The van der Waals surface area contributed by atoms with E-state index in [1.807, 2.05) is 9.80 Å². The molecular weight excluding hydrogens is 1420 g/mol. The summed E-state index contributed by atoms with van der Waals surface area (Å²) >= 11 is 12.5. The van der Waals surface area contributed by atoms with Gasteiger partial charge in [0.25, 0.3) is 35.4 Å². The van der Waals surface area contributed by atoms with E-state index in [0.29, 0.717) is 90.4 Å². The van der Waals surface area contributed by atoms with E-state index in [0.717, 1.165) is 110 Å². The second-order valence-electron chi connectivity index (χ2n) is 23.1. The van der Waals surface area contributed by atoms with Crippen molar-refractivity contribution in [2.75, 3.05) is 97.3 Å². The minimum atomic E-state index is -0.397. The summed E-state index contributed by atoms with van der Waals surface area (Å²) in [4.78, 5) is 95.3. The first kappa shape index (κ1) is 71.9. The Morgan fingerprint density at radius 1 is 0.340 bits per heavy atom. The molecule has 6 amide bonds. The zero-order valence-electron chi connectivity index (χ0n) is 54.2. The van der Waals surface area contributed by atoms with Crippen molar-refractivity contribution in [3.63, 3.8) is 0 Å². The van der Waals surface area contributed by atoms with Crippen molar-refractivity contribution in [1.29, 1.82) is 16.2 Å². The van der Waals surface area contributed by atoms with Crippen molar-refractivity contribution in [3.05, 3.63) is 265 Å². The van der Waals surface area contributed by atoms with Gasteiger partial charge in [0.2, 0.25) is 0 Å². The standard InChI is InChI=1S/C25H25BrN6O2.C25H24ClN5O2.C24H23BrN6O2/c26-19-10-11-22(29-16-19)31-25(34)20-4-1-2-5-21(20)30-24(33)18-8-6-17(7-9-18)23(27)32-14-3-12-28-13-15-32;26-19-12-13-22(28-16-19)30-25(33)20-6-2-3-7-21(20)29-24(32)18-10-8-17(9-11-18)23(27)31-14-4-1-5-15-31;25-18-9-10-21(28-15-18)30-24(33)19-3-1-2-4-20(19)29-23(32)17-7-5-16(6-8-17)22(26)31-13-11-27-12-14-31/h1-2,4-11,16,27-28H,3,12-15H2,(H,30,33)(H,29,31,34);2-3,6-13,16,27H,1,4-5,14-15H2,(H,29,32)(H,28,30,33);1-10,15,26-27H,11-14H2,(H,29,32)(H,28,30,33). The van der Waals surface area contributed by atoms with Crippen molar-refractivity contribution in [2.45, 2.75) is 25.7 Å². The third kappa shape index (κ3) is 20.2. The van der Waals surface area contributed by atoms with Crippen LogP contribution >= 0.6 is 43.5 Å². The van der Waals surface area contributed by atoms with Crippen LogP contribution in [-0.2, 0) is 0 Å². The Balaban J connectivity index is 0.000000162. The molecule has 3 saturated heterocycles. The number of halogens is 3. The molecule has 12 rings (SSSR count). The normalized spacial score (nSPS) is 13.4. The summed E-state index contributed by atoms with van der Waals surface area (Å²) in [5.74, 6) is 0.419. The van der Waals surface area contributed by atoms with Crippen LogP contribution in [0.2, 0.25) is 5.02 Å². The number of nitrogens with zero attached hydrogens (tertiary/aromatic N) is 6. The molecule has 0 unspecified atom stereocenters. The van der Waals surface area contributed by atoms with E-state index in [1.54, 1.807) is 194 Å². The highest BCUT2D eigenvalue weighted by molar-refractivity contribution is 9.10. The number of amides is 6. The molecule has 0 spiro atoms. The lowest BCUT2D eigenvalue weighted by molar-refractivity contribution is 0.101. The average Bonchev–Trinajstić information content (AvgIpc) is 0.865. The molecule has 0 saturated carbocycles. The van der Waals surface area contributed by atoms with Crippen molar-refractivity contribution in [3.8, 4) is 0 Å². The van der Waals surface area contributed by atoms with E-state index in [-0.39, 0.29) is 29.5 Å². The quantitative estimate of drug-likeness (QED) is 0.0336. The zero-order valence-corrected chi connectivity index (χ0v) is 58.1. The smallest absolute Gasteiger partial charge is 0.258 e. The van der Waals surface area contributed by atoms with Crippen LogP contribution in [0.5, 0.6) is 0 Å². The molecule has 9 aromatic rings. The molecule has 3 fully saturated rings. The van der Waals surface area contributed by atoms with Gasteiger partial charge >= 0.3 is 0 Å². The maximum Gasteiger partial charge on any atom is 0.258 e. The average molecular weight is 1490 g/mol. The molecule has 3 aromatic heterocycles. The molecule has 23 nitrogen and oxygen atoms in total. The van der Waals surface area contributed by atoms with Gasteiger partial charge in [0.1, 0.15) is 35.0 Å². The van der Waals surface area contributed by atoms with Gasteiger partial charge in [-0.3, -0.25) is 45.0 Å². The van der Waals surface area contributed by atoms with Crippen LogP contribution in [0.3, 0.4) is 0 Å². The Morgan fingerprint density at radius 3 is 1.00 bits per heavy atom. The highest BCUT2D eigenvalue weighted by Gasteiger charge is 2.22. The van der Waals surface area contributed by atoms with Gasteiger partial charge < -0.3 is 57.2 Å². The third-order valence-electron chi connectivity index (χ3n) is 16.2. The first-order chi connectivity index (χ1) is 48.5. The number of anilines is 6. The first-order valence-electron chi connectivity index (χ1n) is 32.3. The Labute approximate surface area is 600 Å². The lowest BCUT2D eigenvalue weighted by Gasteiger charge is -2.29. The predicted octanol–water partition coefficient (Wildman–Crippen LogP) is 12.6. The Bertz CT molecular complexity index is 4190. The third-order valence-corrected chi connectivity index (χ3v) is 17.4. The molecule has 11 N–H and O–H groups in total. The summed E-state index contributed by atoms with van der Waals surface area (Å²) in [7, 11) is 0. The molecule has 510 valence electrons. The molecule has 3 aliphatic rings. The van der Waals surface area contributed by atoms with Gasteiger partial charge in [-0.15, -0.1) is 0 Å². The Hall–Kier alpha value is -10.8.